The summed E-state index contributed by atoms with van der Waals surface area (Å²) in [4.78, 5) is 27.6. The number of benzene rings is 1. The number of aliphatic hydroxyl groups excluding tert-OH is 1. The van der Waals surface area contributed by atoms with Crippen LogP contribution in [-0.4, -0.2) is 73.3 Å². The molecule has 1 aromatic rings. The van der Waals surface area contributed by atoms with Crippen LogP contribution >= 0.6 is 0 Å². The first-order valence-corrected chi connectivity index (χ1v) is 8.10. The van der Waals surface area contributed by atoms with Gasteiger partial charge in [-0.3, -0.25) is 0 Å². The summed E-state index contributed by atoms with van der Waals surface area (Å²) < 4.78 is 4.64. The number of anilines is 1. The third kappa shape index (κ3) is 4.69. The largest absolute Gasteiger partial charge is 0.465 e. The van der Waals surface area contributed by atoms with Gasteiger partial charge in [0, 0.05) is 31.4 Å². The molecule has 1 aliphatic rings. The van der Waals surface area contributed by atoms with Crippen LogP contribution in [0.15, 0.2) is 24.3 Å². The molecule has 0 atom stereocenters. The van der Waals surface area contributed by atoms with Crippen molar-refractivity contribution < 1.29 is 19.4 Å². The highest BCUT2D eigenvalue weighted by atomic mass is 16.5. The summed E-state index contributed by atoms with van der Waals surface area (Å²) in [6.07, 6.45) is 1.79. The Hall–Kier alpha value is -2.12. The average molecular weight is 335 g/mol. The number of carbonyl (C=O) groups excluding carboxylic acids is 2. The maximum Gasteiger partial charge on any atom is 0.337 e. The monoisotopic (exact) mass is 335 g/mol. The number of ether oxygens (including phenoxy) is 1. The van der Waals surface area contributed by atoms with Crippen molar-refractivity contribution in [2.24, 2.45) is 0 Å². The van der Waals surface area contributed by atoms with Crippen LogP contribution in [0.5, 0.6) is 0 Å². The summed E-state index contributed by atoms with van der Waals surface area (Å²) in [5, 5.41) is 11.8. The molecule has 1 heterocycles. The number of nitrogens with one attached hydrogen (secondary N) is 1. The molecule has 0 unspecified atom stereocenters. The van der Waals surface area contributed by atoms with Crippen LogP contribution in [0.2, 0.25) is 0 Å². The fourth-order valence-electron chi connectivity index (χ4n) is 2.86. The zero-order valence-corrected chi connectivity index (χ0v) is 14.2. The quantitative estimate of drug-likeness (QED) is 0.795. The highest BCUT2D eigenvalue weighted by Crippen LogP contribution is 2.17. The van der Waals surface area contributed by atoms with E-state index in [2.05, 4.69) is 15.0 Å². The molecule has 24 heavy (non-hydrogen) atoms. The minimum absolute atomic E-state index is 0.135. The predicted molar refractivity (Wildman–Crippen MR) is 91.1 cm³/mol. The maximum absolute atomic E-state index is 12.3. The molecule has 7 heteroatoms. The summed E-state index contributed by atoms with van der Waals surface area (Å²) in [5.41, 5.74) is 1.09. The molecule has 132 valence electrons. The van der Waals surface area contributed by atoms with Crippen molar-refractivity contribution in [2.45, 2.75) is 18.9 Å². The molecule has 1 saturated heterocycles. The molecule has 0 aliphatic carbocycles. The number of hydrogen-bond acceptors (Lipinski definition) is 5. The number of aliphatic hydroxyl groups is 1. The van der Waals surface area contributed by atoms with Gasteiger partial charge in [0.05, 0.1) is 19.3 Å². The van der Waals surface area contributed by atoms with E-state index in [0.717, 1.165) is 12.8 Å². The average Bonchev–Trinajstić information content (AvgIpc) is 2.62. The van der Waals surface area contributed by atoms with Gasteiger partial charge in [0.25, 0.3) is 0 Å². The number of likely N-dealkylation sites (tertiary alicyclic amines) is 1. The minimum atomic E-state index is -0.401. The molecular weight excluding hydrogens is 310 g/mol. The van der Waals surface area contributed by atoms with Crippen LogP contribution in [0, 0.1) is 0 Å². The Kier molecular flexibility index (Phi) is 6.57. The second-order valence-corrected chi connectivity index (χ2v) is 5.92. The van der Waals surface area contributed by atoms with Gasteiger partial charge in [-0.15, -0.1) is 0 Å². The van der Waals surface area contributed by atoms with Gasteiger partial charge in [0.1, 0.15) is 0 Å². The predicted octanol–water partition coefficient (Wildman–Crippen LogP) is 1.39. The Bertz CT molecular complexity index is 553. The molecular formula is C17H25N3O4. The smallest absolute Gasteiger partial charge is 0.337 e. The highest BCUT2D eigenvalue weighted by molar-refractivity contribution is 5.92. The lowest BCUT2D eigenvalue weighted by Gasteiger charge is -2.36. The van der Waals surface area contributed by atoms with Crippen molar-refractivity contribution in [1.29, 1.82) is 0 Å². The highest BCUT2D eigenvalue weighted by Gasteiger charge is 2.25. The Morgan fingerprint density at radius 1 is 1.29 bits per heavy atom. The molecule has 7 nitrogen and oxygen atoms in total. The van der Waals surface area contributed by atoms with Crippen LogP contribution < -0.4 is 5.32 Å². The van der Waals surface area contributed by atoms with Gasteiger partial charge in [-0.1, -0.05) is 0 Å². The molecule has 2 N–H and O–H groups in total. The zero-order chi connectivity index (χ0) is 17.5. The molecule has 0 radical (unpaired) electrons. The number of nitrogens with zero attached hydrogens (tertiary/aromatic N) is 2. The van der Waals surface area contributed by atoms with E-state index < -0.39 is 5.97 Å². The molecule has 0 spiro atoms. The molecule has 1 aromatic carbocycles. The second kappa shape index (κ2) is 8.65. The molecule has 2 rings (SSSR count). The van der Waals surface area contributed by atoms with Gasteiger partial charge in [0.2, 0.25) is 0 Å². The first-order valence-electron chi connectivity index (χ1n) is 8.10. The van der Waals surface area contributed by atoms with Crippen LogP contribution in [0.1, 0.15) is 23.2 Å². The summed E-state index contributed by atoms with van der Waals surface area (Å²) in [6, 6.07) is 6.89. The van der Waals surface area contributed by atoms with E-state index in [1.807, 2.05) is 7.05 Å². The van der Waals surface area contributed by atoms with Crippen molar-refractivity contribution in [1.82, 2.24) is 9.80 Å². The van der Waals surface area contributed by atoms with E-state index in [0.29, 0.717) is 36.9 Å². The number of likely N-dealkylation sites (N-methyl/N-ethyl adjacent to an activating group) is 1. The fourth-order valence-corrected chi connectivity index (χ4v) is 2.86. The van der Waals surface area contributed by atoms with Crippen molar-refractivity contribution in [3.8, 4) is 0 Å². The van der Waals surface area contributed by atoms with Crippen molar-refractivity contribution in [3.05, 3.63) is 29.8 Å². The second-order valence-electron chi connectivity index (χ2n) is 5.92. The van der Waals surface area contributed by atoms with Crippen molar-refractivity contribution in [3.63, 3.8) is 0 Å². The molecule has 0 saturated carbocycles. The molecule has 2 amide bonds. The number of carbonyl (C=O) groups is 2. The normalized spacial score (nSPS) is 15.4. The van der Waals surface area contributed by atoms with E-state index in [9.17, 15) is 9.59 Å². The number of piperidine rings is 1. The minimum Gasteiger partial charge on any atom is -0.465 e. The molecule has 1 aliphatic heterocycles. The molecule has 0 aromatic heterocycles. The first kappa shape index (κ1) is 18.2. The topological polar surface area (TPSA) is 82.1 Å². The van der Waals surface area contributed by atoms with Gasteiger partial charge in [0.15, 0.2) is 0 Å². The van der Waals surface area contributed by atoms with Gasteiger partial charge >= 0.3 is 12.0 Å². The Labute approximate surface area is 142 Å². The van der Waals surface area contributed by atoms with E-state index in [-0.39, 0.29) is 12.6 Å². The number of hydrogen-bond donors (Lipinski definition) is 2. The SMILES string of the molecule is COC(=O)c1ccc(NC(=O)N2CCC(N(C)CCO)CC2)cc1. The van der Waals surface area contributed by atoms with Gasteiger partial charge < -0.3 is 25.0 Å². The Morgan fingerprint density at radius 3 is 2.46 bits per heavy atom. The van der Waals surface area contributed by atoms with E-state index in [4.69, 9.17) is 5.11 Å². The van der Waals surface area contributed by atoms with E-state index >= 15 is 0 Å². The number of urea groups is 1. The Morgan fingerprint density at radius 2 is 1.92 bits per heavy atom. The lowest BCUT2D eigenvalue weighted by molar-refractivity contribution is 0.0600. The third-order valence-electron chi connectivity index (χ3n) is 4.39. The lowest BCUT2D eigenvalue weighted by atomic mass is 10.0. The zero-order valence-electron chi connectivity index (χ0n) is 14.2. The van der Waals surface area contributed by atoms with E-state index in [1.165, 1.54) is 7.11 Å². The first-order chi connectivity index (χ1) is 11.5. The fraction of sp³-hybridized carbons (Fsp3) is 0.529. The van der Waals surface area contributed by atoms with Gasteiger partial charge in [-0.2, -0.15) is 0 Å². The number of esters is 1. The standard InChI is InChI=1S/C17H25N3O4/c1-19(11-12-21)15-7-9-20(10-8-15)17(23)18-14-5-3-13(4-6-14)16(22)24-2/h3-6,15,21H,7-12H2,1-2H3,(H,18,23). The summed E-state index contributed by atoms with van der Waals surface area (Å²) >= 11 is 0. The summed E-state index contributed by atoms with van der Waals surface area (Å²) in [6.45, 7) is 2.18. The van der Waals surface area contributed by atoms with Crippen LogP contribution in [0.25, 0.3) is 0 Å². The summed E-state index contributed by atoms with van der Waals surface area (Å²) in [5.74, 6) is -0.401. The summed E-state index contributed by atoms with van der Waals surface area (Å²) in [7, 11) is 3.33. The third-order valence-corrected chi connectivity index (χ3v) is 4.39. The van der Waals surface area contributed by atoms with Crippen molar-refractivity contribution >= 4 is 17.7 Å². The maximum atomic E-state index is 12.3. The number of amides is 2. The van der Waals surface area contributed by atoms with Gasteiger partial charge in [-0.05, 0) is 44.2 Å². The Balaban J connectivity index is 1.84. The van der Waals surface area contributed by atoms with Crippen LogP contribution in [0.3, 0.4) is 0 Å². The van der Waals surface area contributed by atoms with Crippen molar-refractivity contribution in [2.75, 3.05) is 45.7 Å². The van der Waals surface area contributed by atoms with E-state index in [1.54, 1.807) is 29.2 Å². The number of methoxy groups -OCH3 is 1. The van der Waals surface area contributed by atoms with Gasteiger partial charge in [-0.25, -0.2) is 9.59 Å². The van der Waals surface area contributed by atoms with Crippen LogP contribution in [-0.2, 0) is 4.74 Å². The number of rotatable bonds is 5. The lowest BCUT2D eigenvalue weighted by Crippen LogP contribution is -2.47. The van der Waals surface area contributed by atoms with Crippen LogP contribution in [0.4, 0.5) is 10.5 Å². The molecule has 0 bridgehead atoms. The molecule has 1 fully saturated rings.